The highest BCUT2D eigenvalue weighted by Gasteiger charge is 2.26. The van der Waals surface area contributed by atoms with Crippen LogP contribution in [-0.2, 0) is 16.6 Å². The monoisotopic (exact) mass is 455 g/mol. The van der Waals surface area contributed by atoms with Gasteiger partial charge in [0, 0.05) is 6.54 Å². The molecule has 10 heteroatoms. The summed E-state index contributed by atoms with van der Waals surface area (Å²) in [5, 5.41) is -0.416. The Balaban J connectivity index is 1.86. The zero-order chi connectivity index (χ0) is 22.1. The summed E-state index contributed by atoms with van der Waals surface area (Å²) in [7, 11) is -4.23. The van der Waals surface area contributed by atoms with E-state index in [9.17, 15) is 17.2 Å². The Hall–Kier alpha value is -2.49. The average Bonchev–Trinajstić information content (AvgIpc) is 3.08. The van der Waals surface area contributed by atoms with Crippen LogP contribution in [0, 0.1) is 18.6 Å². The number of benzene rings is 2. The topological polar surface area (TPSA) is 73.2 Å². The summed E-state index contributed by atoms with van der Waals surface area (Å²) >= 11 is 5.82. The van der Waals surface area contributed by atoms with E-state index in [1.165, 1.54) is 6.20 Å². The Morgan fingerprint density at radius 1 is 1.20 bits per heavy atom. The number of aromatic nitrogens is 2. The second-order valence-corrected chi connectivity index (χ2v) is 8.75. The molecule has 1 N–H and O–H groups in total. The van der Waals surface area contributed by atoms with Crippen LogP contribution in [0.1, 0.15) is 31.1 Å². The predicted octanol–water partition coefficient (Wildman–Crippen LogP) is 4.97. The maximum atomic E-state index is 13.5. The lowest BCUT2D eigenvalue weighted by Gasteiger charge is -2.17. The van der Waals surface area contributed by atoms with E-state index in [1.807, 2.05) is 26.0 Å². The van der Waals surface area contributed by atoms with E-state index >= 15 is 0 Å². The Morgan fingerprint density at radius 3 is 2.47 bits per heavy atom. The molecule has 0 fully saturated rings. The first-order valence-electron chi connectivity index (χ1n) is 9.09. The van der Waals surface area contributed by atoms with Gasteiger partial charge in [0.15, 0.2) is 11.6 Å². The number of nitrogens with zero attached hydrogens (tertiary/aromatic N) is 2. The van der Waals surface area contributed by atoms with Crippen molar-refractivity contribution in [2.45, 2.75) is 38.3 Å². The van der Waals surface area contributed by atoms with Gasteiger partial charge in [-0.1, -0.05) is 29.3 Å². The molecule has 30 heavy (non-hydrogen) atoms. The van der Waals surface area contributed by atoms with Crippen LogP contribution in [0.3, 0.4) is 0 Å². The van der Waals surface area contributed by atoms with Crippen LogP contribution in [0.25, 0.3) is 0 Å². The summed E-state index contributed by atoms with van der Waals surface area (Å²) < 4.78 is 62.1. The Kier molecular flexibility index (Phi) is 6.44. The number of halogens is 3. The number of hydrogen-bond donors (Lipinski definition) is 1. The molecular formula is C20H20ClF2N3O3S. The fourth-order valence-corrected chi connectivity index (χ4v) is 4.64. The smallest absolute Gasteiger partial charge is 0.302 e. The lowest BCUT2D eigenvalue weighted by Crippen LogP contribution is -2.28. The van der Waals surface area contributed by atoms with E-state index in [4.69, 9.17) is 16.3 Å². The molecule has 1 aromatic heterocycles. The normalized spacial score (nSPS) is 12.7. The Morgan fingerprint density at radius 2 is 1.83 bits per heavy atom. The molecule has 1 heterocycles. The van der Waals surface area contributed by atoms with E-state index in [-0.39, 0.29) is 0 Å². The third kappa shape index (κ3) is 4.63. The minimum Gasteiger partial charge on any atom is -0.426 e. The minimum atomic E-state index is -4.23. The molecule has 3 rings (SSSR count). The first kappa shape index (κ1) is 22.2. The number of nitrogens with one attached hydrogen (secondary N) is 1. The number of hydrogen-bond acceptors (Lipinski definition) is 4. The third-order valence-electron chi connectivity index (χ3n) is 4.44. The molecule has 1 unspecified atom stereocenters. The zero-order valence-corrected chi connectivity index (χ0v) is 18.1. The highest BCUT2D eigenvalue weighted by atomic mass is 35.5. The van der Waals surface area contributed by atoms with Gasteiger partial charge in [-0.15, -0.1) is 0 Å². The fraction of sp³-hybridized carbons (Fsp3) is 0.250. The summed E-state index contributed by atoms with van der Waals surface area (Å²) in [6.07, 6.45) is 1.49. The van der Waals surface area contributed by atoms with Crippen molar-refractivity contribution in [2.75, 3.05) is 0 Å². The lowest BCUT2D eigenvalue weighted by molar-refractivity contribution is 0.408. The van der Waals surface area contributed by atoms with Gasteiger partial charge >= 0.3 is 6.01 Å². The maximum absolute atomic E-state index is 13.5. The molecule has 0 aliphatic heterocycles. The van der Waals surface area contributed by atoms with Crippen LogP contribution in [0.2, 0.25) is 5.02 Å². The van der Waals surface area contributed by atoms with Crippen LogP contribution in [0.5, 0.6) is 11.8 Å². The molecule has 3 aromatic rings. The predicted molar refractivity (Wildman–Crippen MR) is 109 cm³/mol. The molecule has 1 atom stereocenters. The van der Waals surface area contributed by atoms with Crippen molar-refractivity contribution in [3.05, 3.63) is 70.5 Å². The second kappa shape index (κ2) is 8.71. The zero-order valence-electron chi connectivity index (χ0n) is 16.5. The van der Waals surface area contributed by atoms with Crippen molar-refractivity contribution in [3.63, 3.8) is 0 Å². The van der Waals surface area contributed by atoms with Crippen LogP contribution in [-0.4, -0.2) is 18.0 Å². The van der Waals surface area contributed by atoms with Gasteiger partial charge < -0.3 is 4.74 Å². The molecule has 0 saturated heterocycles. The van der Waals surface area contributed by atoms with Crippen molar-refractivity contribution < 1.29 is 21.9 Å². The molecule has 6 nitrogen and oxygen atoms in total. The molecule has 0 aliphatic rings. The molecule has 0 saturated carbocycles. The summed E-state index contributed by atoms with van der Waals surface area (Å²) in [6.45, 7) is 5.89. The molecule has 0 bridgehead atoms. The van der Waals surface area contributed by atoms with Gasteiger partial charge in [0.2, 0.25) is 10.0 Å². The summed E-state index contributed by atoms with van der Waals surface area (Å²) in [5.74, 6) is -1.94. The van der Waals surface area contributed by atoms with Crippen molar-refractivity contribution in [3.8, 4) is 11.8 Å². The molecule has 0 amide bonds. The third-order valence-corrected chi connectivity index (χ3v) is 6.44. The Bertz CT molecular complexity index is 1160. The summed E-state index contributed by atoms with van der Waals surface area (Å²) in [6, 6.07) is 8.14. The highest BCUT2D eigenvalue weighted by molar-refractivity contribution is 7.89. The first-order valence-corrected chi connectivity index (χ1v) is 10.9. The van der Waals surface area contributed by atoms with E-state index in [0.29, 0.717) is 36.1 Å². The lowest BCUT2D eigenvalue weighted by atomic mass is 10.2. The van der Waals surface area contributed by atoms with Crippen LogP contribution >= 0.6 is 11.6 Å². The van der Waals surface area contributed by atoms with Gasteiger partial charge in [-0.05, 0) is 45.0 Å². The van der Waals surface area contributed by atoms with Crippen molar-refractivity contribution in [1.82, 2.24) is 14.3 Å². The first-order chi connectivity index (χ1) is 14.1. The standard InChI is InChI=1S/C20H20ClF2N3O3S/c1-4-26-18(11-24-20(26)29-14-7-5-12(2)6-8-14)13(3)25-30(27,28)19-10-17(23)16(22)9-15(19)21/h5-11,13,25H,4H2,1-3H3. The molecule has 0 radical (unpaired) electrons. The van der Waals surface area contributed by atoms with Crippen molar-refractivity contribution in [2.24, 2.45) is 0 Å². The van der Waals surface area contributed by atoms with Gasteiger partial charge in [-0.25, -0.2) is 26.9 Å². The van der Waals surface area contributed by atoms with Gasteiger partial charge in [0.25, 0.3) is 0 Å². The molecular weight excluding hydrogens is 436 g/mol. The van der Waals surface area contributed by atoms with Gasteiger partial charge in [-0.2, -0.15) is 0 Å². The van der Waals surface area contributed by atoms with Gasteiger partial charge in [-0.3, -0.25) is 4.57 Å². The second-order valence-electron chi connectivity index (χ2n) is 6.66. The van der Waals surface area contributed by atoms with Gasteiger partial charge in [0.05, 0.1) is 23.0 Å². The number of imidazole rings is 1. The fourth-order valence-electron chi connectivity index (χ4n) is 2.89. The molecule has 0 aliphatic carbocycles. The van der Waals surface area contributed by atoms with E-state index in [1.54, 1.807) is 23.6 Å². The molecule has 0 spiro atoms. The van der Waals surface area contributed by atoms with Crippen LogP contribution < -0.4 is 9.46 Å². The number of ether oxygens (including phenoxy) is 1. The highest BCUT2D eigenvalue weighted by Crippen LogP contribution is 2.28. The van der Waals surface area contributed by atoms with Crippen LogP contribution in [0.15, 0.2) is 47.5 Å². The Labute approximate surface area is 178 Å². The van der Waals surface area contributed by atoms with E-state index < -0.39 is 37.6 Å². The summed E-state index contributed by atoms with van der Waals surface area (Å²) in [4.78, 5) is 3.69. The number of rotatable bonds is 7. The van der Waals surface area contributed by atoms with Crippen molar-refractivity contribution >= 4 is 21.6 Å². The quantitative estimate of drug-likeness (QED) is 0.510. The van der Waals surface area contributed by atoms with E-state index in [0.717, 1.165) is 5.56 Å². The van der Waals surface area contributed by atoms with Crippen molar-refractivity contribution in [1.29, 1.82) is 0 Å². The SMILES string of the molecule is CCn1c(C(C)NS(=O)(=O)c2cc(F)c(F)cc2Cl)cnc1Oc1ccc(C)cc1. The summed E-state index contributed by atoms with van der Waals surface area (Å²) in [5.41, 5.74) is 1.61. The van der Waals surface area contributed by atoms with Crippen LogP contribution in [0.4, 0.5) is 8.78 Å². The maximum Gasteiger partial charge on any atom is 0.302 e. The van der Waals surface area contributed by atoms with E-state index in [2.05, 4.69) is 9.71 Å². The molecule has 2 aromatic carbocycles. The molecule has 160 valence electrons. The number of sulfonamides is 1. The minimum absolute atomic E-state index is 0.299. The van der Waals surface area contributed by atoms with Gasteiger partial charge in [0.1, 0.15) is 10.6 Å². The largest absolute Gasteiger partial charge is 0.426 e. The number of aryl methyl sites for hydroxylation is 1. The average molecular weight is 456 g/mol.